The van der Waals surface area contributed by atoms with E-state index in [1.807, 2.05) is 31.2 Å². The molecule has 3 atom stereocenters. The summed E-state index contributed by atoms with van der Waals surface area (Å²) in [5.41, 5.74) is 0.288. The first-order valence-electron chi connectivity index (χ1n) is 12.0. The Bertz CT molecular complexity index is 1570. The molecule has 0 aliphatic carbocycles. The first kappa shape index (κ1) is 23.7. The van der Waals surface area contributed by atoms with E-state index < -0.39 is 11.2 Å². The molecule has 0 amide bonds. The molecule has 8 heteroatoms. The zero-order valence-electron chi connectivity index (χ0n) is 20.4. The lowest BCUT2D eigenvalue weighted by atomic mass is 9.76. The van der Waals surface area contributed by atoms with Crippen molar-refractivity contribution in [1.29, 1.82) is 5.26 Å². The van der Waals surface area contributed by atoms with Crippen molar-refractivity contribution >= 4 is 22.4 Å². The summed E-state index contributed by atoms with van der Waals surface area (Å²) in [6.45, 7) is 2.20. The van der Waals surface area contributed by atoms with Gasteiger partial charge in [0.25, 0.3) is 0 Å². The molecule has 3 aromatic carbocycles. The van der Waals surface area contributed by atoms with Gasteiger partial charge in [0.05, 0.1) is 41.2 Å². The molecule has 2 N–H and O–H groups in total. The maximum absolute atomic E-state index is 11.6. The summed E-state index contributed by atoms with van der Waals surface area (Å²) in [4.78, 5) is 0. The molecule has 2 aliphatic heterocycles. The summed E-state index contributed by atoms with van der Waals surface area (Å²) < 4.78 is 19.8. The van der Waals surface area contributed by atoms with E-state index in [-0.39, 0.29) is 17.9 Å². The summed E-state index contributed by atoms with van der Waals surface area (Å²) >= 11 is 5.98. The van der Waals surface area contributed by atoms with Gasteiger partial charge in [-0.1, -0.05) is 35.9 Å². The smallest absolute Gasteiger partial charge is 0.205 e. The molecule has 0 saturated carbocycles. The molecule has 6 rings (SSSR count). The van der Waals surface area contributed by atoms with Crippen molar-refractivity contribution in [1.82, 2.24) is 4.57 Å². The minimum Gasteiger partial charge on any atom is -0.494 e. The van der Waals surface area contributed by atoms with Gasteiger partial charge in [-0.2, -0.15) is 5.26 Å². The number of nitrogens with zero attached hydrogens (tertiary/aromatic N) is 2. The number of benzene rings is 3. The van der Waals surface area contributed by atoms with Crippen molar-refractivity contribution in [3.63, 3.8) is 0 Å². The fourth-order valence-corrected chi connectivity index (χ4v) is 6.20. The van der Waals surface area contributed by atoms with Gasteiger partial charge in [-0.3, -0.25) is 4.57 Å². The second-order valence-electron chi connectivity index (χ2n) is 9.71. The van der Waals surface area contributed by atoms with Crippen LogP contribution in [0.15, 0.2) is 60.7 Å². The molecule has 37 heavy (non-hydrogen) atoms. The van der Waals surface area contributed by atoms with Crippen LogP contribution in [0.3, 0.4) is 0 Å². The lowest BCUT2D eigenvalue weighted by molar-refractivity contribution is -0.112. The van der Waals surface area contributed by atoms with Crippen molar-refractivity contribution in [2.75, 3.05) is 13.7 Å². The van der Waals surface area contributed by atoms with Gasteiger partial charge >= 0.3 is 0 Å². The molecular formula is C29H25ClN2O5. The second-order valence-corrected chi connectivity index (χ2v) is 10.1. The van der Waals surface area contributed by atoms with E-state index in [9.17, 15) is 15.5 Å². The normalized spacial score (nSPS) is 23.8. The number of aromatic hydroxyl groups is 2. The average molecular weight is 517 g/mol. The zero-order chi connectivity index (χ0) is 25.9. The highest BCUT2D eigenvalue weighted by molar-refractivity contribution is 6.30. The number of aromatic nitrogens is 1. The number of ether oxygens (including phenoxy) is 3. The molecular weight excluding hydrogens is 492 g/mol. The van der Waals surface area contributed by atoms with Crippen LogP contribution in [-0.2, 0) is 20.7 Å². The van der Waals surface area contributed by atoms with Crippen LogP contribution in [0.4, 0.5) is 0 Å². The number of nitriles is 1. The summed E-state index contributed by atoms with van der Waals surface area (Å²) in [6, 6.07) is 20.2. The highest BCUT2D eigenvalue weighted by Gasteiger charge is 2.66. The zero-order valence-corrected chi connectivity index (χ0v) is 21.1. The van der Waals surface area contributed by atoms with E-state index in [2.05, 4.69) is 6.07 Å². The summed E-state index contributed by atoms with van der Waals surface area (Å²) in [6.07, 6.45) is 0.611. The van der Waals surface area contributed by atoms with E-state index in [4.69, 9.17) is 25.8 Å². The van der Waals surface area contributed by atoms with Crippen LogP contribution in [-0.4, -0.2) is 34.6 Å². The van der Waals surface area contributed by atoms with E-state index in [1.165, 1.54) is 4.57 Å². The quantitative estimate of drug-likeness (QED) is 0.331. The molecule has 1 aromatic heterocycles. The van der Waals surface area contributed by atoms with Crippen molar-refractivity contribution in [2.24, 2.45) is 0 Å². The SMILES string of the molecule is CO[C@H]1CC2(CCOc3ccc(Cl)cc3)OC1(C)c1c2c(O)n(-c2ccc(C#N)c3ccccc23)c1O. The predicted octanol–water partition coefficient (Wildman–Crippen LogP) is 5.90. The second kappa shape index (κ2) is 8.42. The molecule has 188 valence electrons. The van der Waals surface area contributed by atoms with Crippen LogP contribution in [0.25, 0.3) is 16.5 Å². The number of methoxy groups -OCH3 is 1. The lowest BCUT2D eigenvalue weighted by Gasteiger charge is -2.29. The van der Waals surface area contributed by atoms with Crippen molar-refractivity contribution in [3.05, 3.63) is 82.4 Å². The Balaban J connectivity index is 1.46. The average Bonchev–Trinajstić information content (AvgIpc) is 3.46. The molecule has 0 radical (unpaired) electrons. The summed E-state index contributed by atoms with van der Waals surface area (Å²) in [5, 5.41) is 34.9. The van der Waals surface area contributed by atoms with E-state index in [1.54, 1.807) is 43.5 Å². The Kier molecular flexibility index (Phi) is 5.39. The van der Waals surface area contributed by atoms with Crippen LogP contribution in [0.1, 0.15) is 36.5 Å². The molecule has 7 nitrogen and oxygen atoms in total. The van der Waals surface area contributed by atoms with Gasteiger partial charge in [-0.15, -0.1) is 0 Å². The third-order valence-corrected chi connectivity index (χ3v) is 8.00. The molecule has 2 aliphatic rings. The molecule has 2 bridgehead atoms. The standard InChI is InChI=1S/C29H25ClN2O5/c1-28-23(35-2)15-29(37-28,13-14-36-19-10-8-18(30)9-11-19)25-24(28)26(33)32(27(25)34)22-12-7-17(16-31)20-5-3-4-6-21(20)22/h3-12,23,33-34H,13-15H2,1-2H3/t23-,28?,29?/m0/s1. The van der Waals surface area contributed by atoms with Gasteiger partial charge < -0.3 is 24.4 Å². The highest BCUT2D eigenvalue weighted by Crippen LogP contribution is 2.66. The molecule has 4 aromatic rings. The number of fused-ring (bicyclic) bond motifs is 6. The van der Waals surface area contributed by atoms with Gasteiger partial charge in [-0.25, -0.2) is 0 Å². The highest BCUT2D eigenvalue weighted by atomic mass is 35.5. The van der Waals surface area contributed by atoms with Gasteiger partial charge in [0.15, 0.2) is 0 Å². The lowest BCUT2D eigenvalue weighted by Crippen LogP contribution is -2.35. The van der Waals surface area contributed by atoms with Crippen LogP contribution in [0.5, 0.6) is 17.5 Å². The number of hydrogen-bond donors (Lipinski definition) is 2. The molecule has 3 heterocycles. The predicted molar refractivity (Wildman–Crippen MR) is 138 cm³/mol. The Morgan fingerprint density at radius 1 is 1.05 bits per heavy atom. The Labute approximate surface area is 219 Å². The third kappa shape index (κ3) is 3.33. The topological polar surface area (TPSA) is 96.9 Å². The number of halogens is 1. The van der Waals surface area contributed by atoms with Crippen LogP contribution < -0.4 is 4.74 Å². The minimum atomic E-state index is -0.959. The van der Waals surface area contributed by atoms with Crippen molar-refractivity contribution in [3.8, 4) is 29.3 Å². The Morgan fingerprint density at radius 3 is 2.46 bits per heavy atom. The molecule has 1 fully saturated rings. The van der Waals surface area contributed by atoms with Gasteiger partial charge in [-0.05, 0) is 43.3 Å². The fraction of sp³-hybridized carbons (Fsp3) is 0.276. The van der Waals surface area contributed by atoms with E-state index >= 15 is 0 Å². The monoisotopic (exact) mass is 516 g/mol. The van der Waals surface area contributed by atoms with Crippen molar-refractivity contribution < 1.29 is 24.4 Å². The molecule has 1 saturated heterocycles. The first-order valence-corrected chi connectivity index (χ1v) is 12.4. The molecule has 2 unspecified atom stereocenters. The maximum atomic E-state index is 11.6. The minimum absolute atomic E-state index is 0.0906. The van der Waals surface area contributed by atoms with E-state index in [0.717, 1.165) is 10.8 Å². The Morgan fingerprint density at radius 2 is 1.76 bits per heavy atom. The largest absolute Gasteiger partial charge is 0.494 e. The fourth-order valence-electron chi connectivity index (χ4n) is 6.08. The number of hydrogen-bond acceptors (Lipinski definition) is 6. The Hall–Kier alpha value is -3.70. The van der Waals surface area contributed by atoms with E-state index in [0.29, 0.717) is 52.6 Å². The van der Waals surface area contributed by atoms with Gasteiger partial charge in [0, 0.05) is 35.7 Å². The number of rotatable bonds is 6. The van der Waals surface area contributed by atoms with Crippen LogP contribution in [0.2, 0.25) is 5.02 Å². The summed E-state index contributed by atoms with van der Waals surface area (Å²) in [7, 11) is 1.62. The van der Waals surface area contributed by atoms with Crippen LogP contribution in [0, 0.1) is 11.3 Å². The first-order chi connectivity index (χ1) is 17.8. The third-order valence-electron chi connectivity index (χ3n) is 7.74. The summed E-state index contributed by atoms with van der Waals surface area (Å²) in [5.74, 6) is 0.482. The van der Waals surface area contributed by atoms with Gasteiger partial charge in [0.1, 0.15) is 17.0 Å². The van der Waals surface area contributed by atoms with Crippen molar-refractivity contribution in [2.45, 2.75) is 37.1 Å². The van der Waals surface area contributed by atoms with Crippen LogP contribution >= 0.6 is 11.6 Å². The maximum Gasteiger partial charge on any atom is 0.205 e. The van der Waals surface area contributed by atoms with Gasteiger partial charge in [0.2, 0.25) is 11.8 Å². The molecule has 0 spiro atoms.